The summed E-state index contributed by atoms with van der Waals surface area (Å²) in [5, 5.41) is 12.7. The summed E-state index contributed by atoms with van der Waals surface area (Å²) in [5.41, 5.74) is 0. The fourth-order valence-corrected chi connectivity index (χ4v) is 9.91. The van der Waals surface area contributed by atoms with E-state index in [1.807, 2.05) is 0 Å². The summed E-state index contributed by atoms with van der Waals surface area (Å²) in [6, 6.07) is 0.353. The Morgan fingerprint density at radius 3 is 1.04 bits per heavy atom. The van der Waals surface area contributed by atoms with Crippen molar-refractivity contribution in [1.29, 1.82) is 0 Å². The minimum atomic E-state index is -0.795. The van der Waals surface area contributed by atoms with Crippen molar-refractivity contribution >= 4 is 30.2 Å². The highest BCUT2D eigenvalue weighted by Gasteiger charge is 2.19. The maximum atomic E-state index is 12.8. The third-order valence-electron chi connectivity index (χ3n) is 15.1. The molecule has 0 rings (SSSR count). The van der Waals surface area contributed by atoms with E-state index in [1.54, 1.807) is 0 Å². The number of nitrogens with one attached hydrogen (secondary N) is 4. The van der Waals surface area contributed by atoms with Crippen molar-refractivity contribution < 1.29 is 42.9 Å². The first kappa shape index (κ1) is 74.7. The Hall–Kier alpha value is -3.29. The first-order valence-corrected chi connectivity index (χ1v) is 33.0. The maximum absolute atomic E-state index is 12.8. The predicted molar refractivity (Wildman–Crippen MR) is 323 cm³/mol. The van der Waals surface area contributed by atoms with E-state index in [4.69, 9.17) is 18.9 Å². The van der Waals surface area contributed by atoms with Gasteiger partial charge in [0, 0.05) is 44.6 Å². The Bertz CT molecular complexity index is 1260. The second-order valence-electron chi connectivity index (χ2n) is 22.5. The zero-order valence-corrected chi connectivity index (χ0v) is 51.7. The third kappa shape index (κ3) is 52.1. The fourth-order valence-electron chi connectivity index (χ4n) is 9.91. The van der Waals surface area contributed by atoms with Gasteiger partial charge in [-0.3, -0.25) is 9.59 Å². The largest absolute Gasteiger partial charge is 0.508 e. The number of unbranched alkanes of at least 4 members (excludes halogenated alkanes) is 28. The molecule has 0 fully saturated rings. The molecular formula is C64H125N5O9. The number of hydrogen-bond acceptors (Lipinski definition) is 10. The molecule has 0 aromatic rings. The summed E-state index contributed by atoms with van der Waals surface area (Å²) in [7, 11) is 0. The molecule has 78 heavy (non-hydrogen) atoms. The molecule has 4 N–H and O–H groups in total. The fraction of sp³-hybridized carbons (Fsp3) is 0.922. The molecule has 14 nitrogen and oxygen atoms in total. The van der Waals surface area contributed by atoms with Crippen LogP contribution in [0.25, 0.3) is 0 Å². The maximum Gasteiger partial charge on any atom is 0.508 e. The molecule has 0 saturated carbocycles. The van der Waals surface area contributed by atoms with Gasteiger partial charge in [0.05, 0.1) is 12.5 Å². The third-order valence-corrected chi connectivity index (χ3v) is 15.1. The van der Waals surface area contributed by atoms with Crippen LogP contribution in [0, 0.1) is 5.92 Å². The van der Waals surface area contributed by atoms with E-state index in [-0.39, 0.29) is 75.4 Å². The van der Waals surface area contributed by atoms with Crippen LogP contribution >= 0.6 is 0 Å². The number of rotatable bonds is 58. The SMILES string of the molecule is CCCCCCCCC(CCCCCCCC)NC(=O)NCCCCCCCC(=O)OCC(COC(=O)CCCCCCCNC(=O)NC(CCCCCCCC)CCCCCCCC)COC(=O)OCCCN(CC)CC. The normalized spacial score (nSPS) is 11.4. The number of hydrogen-bond donors (Lipinski definition) is 4. The second kappa shape index (κ2) is 58.4. The van der Waals surface area contributed by atoms with Gasteiger partial charge in [-0.1, -0.05) is 234 Å². The second-order valence-corrected chi connectivity index (χ2v) is 22.5. The molecule has 0 unspecified atom stereocenters. The monoisotopic (exact) mass is 1110 g/mol. The topological polar surface area (TPSA) is 174 Å². The van der Waals surface area contributed by atoms with Gasteiger partial charge in [-0.25, -0.2) is 14.4 Å². The average molecular weight is 1110 g/mol. The summed E-state index contributed by atoms with van der Waals surface area (Å²) in [6.07, 6.45) is 43.5. The number of amides is 4. The van der Waals surface area contributed by atoms with Gasteiger partial charge in [0.15, 0.2) is 0 Å². The highest BCUT2D eigenvalue weighted by Crippen LogP contribution is 2.17. The lowest BCUT2D eigenvalue weighted by atomic mass is 10.00. The predicted octanol–water partition coefficient (Wildman–Crippen LogP) is 16.6. The van der Waals surface area contributed by atoms with E-state index in [0.717, 1.165) is 96.7 Å². The Labute approximate surface area is 479 Å². The first-order chi connectivity index (χ1) is 38.1. The quantitative estimate of drug-likeness (QED) is 0.0261. The van der Waals surface area contributed by atoms with E-state index in [0.29, 0.717) is 32.4 Å². The summed E-state index contributed by atoms with van der Waals surface area (Å²) in [4.78, 5) is 65.9. The Morgan fingerprint density at radius 1 is 0.359 bits per heavy atom. The summed E-state index contributed by atoms with van der Waals surface area (Å²) < 4.78 is 21.9. The average Bonchev–Trinajstić information content (AvgIpc) is 3.43. The minimum Gasteiger partial charge on any atom is -0.465 e. The Balaban J connectivity index is 4.71. The zero-order valence-electron chi connectivity index (χ0n) is 51.7. The molecule has 4 amide bonds. The Morgan fingerprint density at radius 2 is 0.679 bits per heavy atom. The molecule has 0 atom stereocenters. The van der Waals surface area contributed by atoms with E-state index in [9.17, 15) is 24.0 Å². The van der Waals surface area contributed by atoms with Gasteiger partial charge in [-0.15, -0.1) is 0 Å². The van der Waals surface area contributed by atoms with Gasteiger partial charge < -0.3 is 45.1 Å². The van der Waals surface area contributed by atoms with Gasteiger partial charge >= 0.3 is 30.2 Å². The van der Waals surface area contributed by atoms with Crippen molar-refractivity contribution in [1.82, 2.24) is 26.2 Å². The molecular weight excluding hydrogens is 983 g/mol. The molecule has 0 bridgehead atoms. The summed E-state index contributed by atoms with van der Waals surface area (Å²) in [5.74, 6) is -1.21. The number of urea groups is 2. The van der Waals surface area contributed by atoms with Crippen LogP contribution in [0.2, 0.25) is 0 Å². The highest BCUT2D eigenvalue weighted by atomic mass is 16.7. The number of ether oxygens (including phenoxy) is 4. The molecule has 0 aliphatic heterocycles. The highest BCUT2D eigenvalue weighted by molar-refractivity contribution is 5.74. The molecule has 0 radical (unpaired) electrons. The first-order valence-electron chi connectivity index (χ1n) is 33.0. The van der Waals surface area contributed by atoms with Crippen molar-refractivity contribution in [3.05, 3.63) is 0 Å². The van der Waals surface area contributed by atoms with Crippen LogP contribution < -0.4 is 21.3 Å². The lowest BCUT2D eigenvalue weighted by Crippen LogP contribution is -2.42. The smallest absolute Gasteiger partial charge is 0.465 e. The molecule has 0 aromatic carbocycles. The van der Waals surface area contributed by atoms with Crippen LogP contribution in [0.3, 0.4) is 0 Å². The summed E-state index contributed by atoms with van der Waals surface area (Å²) in [6.45, 7) is 17.2. The molecule has 0 heterocycles. The van der Waals surface area contributed by atoms with Crippen LogP contribution in [0.4, 0.5) is 14.4 Å². The summed E-state index contributed by atoms with van der Waals surface area (Å²) >= 11 is 0. The van der Waals surface area contributed by atoms with Gasteiger partial charge in [0.2, 0.25) is 0 Å². The van der Waals surface area contributed by atoms with Gasteiger partial charge in [-0.05, 0) is 70.9 Å². The van der Waals surface area contributed by atoms with Gasteiger partial charge in [-0.2, -0.15) is 0 Å². The zero-order chi connectivity index (χ0) is 57.2. The molecule has 14 heteroatoms. The lowest BCUT2D eigenvalue weighted by Gasteiger charge is -2.19. The van der Waals surface area contributed by atoms with Gasteiger partial charge in [0.25, 0.3) is 0 Å². The molecule has 0 aliphatic carbocycles. The van der Waals surface area contributed by atoms with Crippen LogP contribution in [-0.4, -0.2) is 106 Å². The van der Waals surface area contributed by atoms with Crippen LogP contribution in [0.5, 0.6) is 0 Å². The van der Waals surface area contributed by atoms with Crippen LogP contribution in [-0.2, 0) is 28.5 Å². The number of nitrogens with zero attached hydrogens (tertiary/aromatic N) is 1. The Kier molecular flexibility index (Phi) is 55.9. The molecule has 0 spiro atoms. The lowest BCUT2D eigenvalue weighted by molar-refractivity contribution is -0.150. The van der Waals surface area contributed by atoms with Crippen molar-refractivity contribution in [2.24, 2.45) is 5.92 Å². The van der Waals surface area contributed by atoms with E-state index in [1.165, 1.54) is 154 Å². The number of carbonyl (C=O) groups is 5. The molecule has 0 aliphatic rings. The van der Waals surface area contributed by atoms with Crippen molar-refractivity contribution in [3.8, 4) is 0 Å². The van der Waals surface area contributed by atoms with Crippen molar-refractivity contribution in [3.63, 3.8) is 0 Å². The van der Waals surface area contributed by atoms with Crippen molar-refractivity contribution in [2.45, 2.75) is 317 Å². The molecule has 460 valence electrons. The number of carbonyl (C=O) groups excluding carboxylic acids is 5. The van der Waals surface area contributed by atoms with E-state index < -0.39 is 12.1 Å². The van der Waals surface area contributed by atoms with Crippen LogP contribution in [0.1, 0.15) is 305 Å². The molecule has 0 aromatic heterocycles. The standard InChI is InChI=1S/C64H125N5O9/c1-7-13-17-21-27-35-44-58(45-36-28-22-18-14-8-2)67-62(72)65-50-41-33-25-31-39-48-60(70)76-54-57(56-78-64(74)75-53-43-52-69(11-5)12-6)55-77-61(71)49-40-32-26-34-42-51-66-63(73)68-59(46-37-29-23-19-15-9-3)47-38-30-24-20-16-10-4/h57-59H,7-56H2,1-6H3,(H2,65,67,72)(H2,66,68,73). The minimum absolute atomic E-state index is 0.0428. The van der Waals surface area contributed by atoms with E-state index >= 15 is 0 Å². The van der Waals surface area contributed by atoms with E-state index in [2.05, 4.69) is 67.7 Å². The van der Waals surface area contributed by atoms with Gasteiger partial charge in [0.1, 0.15) is 19.8 Å². The number of esters is 2. The molecule has 0 saturated heterocycles. The van der Waals surface area contributed by atoms with Crippen LogP contribution in [0.15, 0.2) is 0 Å². The van der Waals surface area contributed by atoms with Crippen molar-refractivity contribution in [2.75, 3.05) is 59.2 Å².